The van der Waals surface area contributed by atoms with E-state index in [1.807, 2.05) is 54.6 Å². The van der Waals surface area contributed by atoms with Crippen LogP contribution in [-0.2, 0) is 27.4 Å². The molecule has 0 saturated carbocycles. The number of alkyl carbamates (subject to hydrolysis) is 1. The molecule has 31 heavy (non-hydrogen) atoms. The normalized spacial score (nSPS) is 11.4. The van der Waals surface area contributed by atoms with Crippen molar-refractivity contribution in [2.24, 2.45) is 5.73 Å². The van der Waals surface area contributed by atoms with Crippen LogP contribution in [0.4, 0.5) is 4.79 Å². The van der Waals surface area contributed by atoms with Gasteiger partial charge in [0.2, 0.25) is 11.8 Å². The van der Waals surface area contributed by atoms with Crippen LogP contribution in [0.1, 0.15) is 36.8 Å². The predicted molar refractivity (Wildman–Crippen MR) is 127 cm³/mol. The maximum atomic E-state index is 12.2. The fourth-order valence-electron chi connectivity index (χ4n) is 2.94. The van der Waals surface area contributed by atoms with Crippen LogP contribution in [0.15, 0.2) is 54.6 Å². The first kappa shape index (κ1) is 24.6. The van der Waals surface area contributed by atoms with Crippen molar-refractivity contribution < 1.29 is 19.1 Å². The minimum absolute atomic E-state index is 0.204. The van der Waals surface area contributed by atoms with Crippen LogP contribution in [-0.4, -0.2) is 30.5 Å². The van der Waals surface area contributed by atoms with E-state index in [4.69, 9.17) is 10.5 Å². The first-order valence-electron chi connectivity index (χ1n) is 10.2. The molecular formula is C23H28IN3O4. The van der Waals surface area contributed by atoms with E-state index in [0.29, 0.717) is 25.8 Å². The number of hydrogen-bond acceptors (Lipinski definition) is 4. The SMILES string of the molecule is NC(=O)[C@H](Cc1cccc(I)c1)NC(=O)CCCCCNC(=O)OCc1ccccc1. The summed E-state index contributed by atoms with van der Waals surface area (Å²) in [6, 6.07) is 16.5. The number of halogens is 1. The average Bonchev–Trinajstić information content (AvgIpc) is 2.75. The number of nitrogens with one attached hydrogen (secondary N) is 2. The standard InChI is InChI=1S/C23H28IN3O4/c24-19-11-7-10-18(14-19)15-20(22(25)29)27-21(28)12-5-2-6-13-26-23(30)31-16-17-8-3-1-4-9-17/h1,3-4,7-11,14,20H,2,5-6,12-13,15-16H2,(H2,25,29)(H,26,30)(H,27,28)/t20-/m0/s1. The highest BCUT2D eigenvalue weighted by atomic mass is 127. The summed E-state index contributed by atoms with van der Waals surface area (Å²) in [4.78, 5) is 35.5. The quantitative estimate of drug-likeness (QED) is 0.285. The van der Waals surface area contributed by atoms with E-state index in [-0.39, 0.29) is 12.5 Å². The Labute approximate surface area is 196 Å². The molecule has 0 unspecified atom stereocenters. The number of ether oxygens (including phenoxy) is 1. The molecule has 4 N–H and O–H groups in total. The first-order chi connectivity index (χ1) is 14.9. The zero-order valence-corrected chi connectivity index (χ0v) is 19.5. The van der Waals surface area contributed by atoms with Crippen molar-refractivity contribution in [3.8, 4) is 0 Å². The van der Waals surface area contributed by atoms with Gasteiger partial charge in [-0.2, -0.15) is 0 Å². The number of rotatable bonds is 12. The van der Waals surface area contributed by atoms with E-state index in [2.05, 4.69) is 33.2 Å². The van der Waals surface area contributed by atoms with Gasteiger partial charge < -0.3 is 21.1 Å². The highest BCUT2D eigenvalue weighted by molar-refractivity contribution is 14.1. The summed E-state index contributed by atoms with van der Waals surface area (Å²) in [6.45, 7) is 0.710. The largest absolute Gasteiger partial charge is 0.445 e. The molecule has 0 spiro atoms. The predicted octanol–water partition coefficient (Wildman–Crippen LogP) is 3.29. The molecule has 0 heterocycles. The van der Waals surface area contributed by atoms with Crippen molar-refractivity contribution >= 4 is 40.5 Å². The second-order valence-corrected chi connectivity index (χ2v) is 8.40. The lowest BCUT2D eigenvalue weighted by molar-refractivity contribution is -0.127. The van der Waals surface area contributed by atoms with Gasteiger partial charge in [0.1, 0.15) is 12.6 Å². The Hall–Kier alpha value is -2.62. The molecule has 1 atom stereocenters. The number of primary amides is 1. The number of carbonyl (C=O) groups is 3. The molecule has 0 radical (unpaired) electrons. The molecule has 0 bridgehead atoms. The van der Waals surface area contributed by atoms with E-state index in [9.17, 15) is 14.4 Å². The van der Waals surface area contributed by atoms with Gasteiger partial charge in [-0.3, -0.25) is 9.59 Å². The van der Waals surface area contributed by atoms with Gasteiger partial charge >= 0.3 is 6.09 Å². The molecule has 0 aliphatic rings. The van der Waals surface area contributed by atoms with Crippen molar-refractivity contribution in [2.75, 3.05) is 6.54 Å². The summed E-state index contributed by atoms with van der Waals surface area (Å²) in [5.41, 5.74) is 7.32. The average molecular weight is 537 g/mol. The monoisotopic (exact) mass is 537 g/mol. The molecule has 2 rings (SSSR count). The molecule has 0 saturated heterocycles. The van der Waals surface area contributed by atoms with Crippen molar-refractivity contribution in [3.05, 3.63) is 69.3 Å². The van der Waals surface area contributed by atoms with E-state index in [0.717, 1.165) is 27.5 Å². The number of nitrogens with two attached hydrogens (primary N) is 1. The maximum absolute atomic E-state index is 12.2. The number of amides is 3. The summed E-state index contributed by atoms with van der Waals surface area (Å²) in [6.07, 6.45) is 2.37. The molecule has 3 amide bonds. The minimum Gasteiger partial charge on any atom is -0.445 e. The third kappa shape index (κ3) is 10.3. The van der Waals surface area contributed by atoms with Crippen LogP contribution < -0.4 is 16.4 Å². The van der Waals surface area contributed by atoms with Gasteiger partial charge in [0.05, 0.1) is 0 Å². The van der Waals surface area contributed by atoms with Crippen LogP contribution in [0.5, 0.6) is 0 Å². The van der Waals surface area contributed by atoms with E-state index < -0.39 is 18.0 Å². The Morgan fingerprint density at radius 2 is 1.71 bits per heavy atom. The Morgan fingerprint density at radius 3 is 2.42 bits per heavy atom. The summed E-state index contributed by atoms with van der Waals surface area (Å²) < 4.78 is 6.19. The van der Waals surface area contributed by atoms with Gasteiger partial charge in [-0.1, -0.05) is 48.9 Å². The van der Waals surface area contributed by atoms with E-state index >= 15 is 0 Å². The van der Waals surface area contributed by atoms with E-state index in [1.54, 1.807) is 0 Å². The molecule has 0 aromatic heterocycles. The van der Waals surface area contributed by atoms with E-state index in [1.165, 1.54) is 0 Å². The zero-order chi connectivity index (χ0) is 22.5. The van der Waals surface area contributed by atoms with Crippen LogP contribution >= 0.6 is 22.6 Å². The van der Waals surface area contributed by atoms with Gasteiger partial charge in [0.25, 0.3) is 0 Å². The summed E-state index contributed by atoms with van der Waals surface area (Å²) in [5.74, 6) is -0.755. The maximum Gasteiger partial charge on any atom is 0.407 e. The highest BCUT2D eigenvalue weighted by Gasteiger charge is 2.18. The van der Waals surface area contributed by atoms with Gasteiger partial charge in [0, 0.05) is 23.0 Å². The molecule has 0 aliphatic heterocycles. The van der Waals surface area contributed by atoms with Crippen molar-refractivity contribution in [1.29, 1.82) is 0 Å². The van der Waals surface area contributed by atoms with Gasteiger partial charge in [-0.25, -0.2) is 4.79 Å². The molecule has 8 heteroatoms. The van der Waals surface area contributed by atoms with Crippen LogP contribution in [0.3, 0.4) is 0 Å². The smallest absolute Gasteiger partial charge is 0.407 e. The van der Waals surface area contributed by atoms with Crippen LogP contribution in [0.2, 0.25) is 0 Å². The Bertz CT molecular complexity index is 861. The lowest BCUT2D eigenvalue weighted by Crippen LogP contribution is -2.45. The van der Waals surface area contributed by atoms with Gasteiger partial charge in [0.15, 0.2) is 0 Å². The number of hydrogen-bond donors (Lipinski definition) is 3. The molecule has 2 aromatic carbocycles. The number of unbranched alkanes of at least 4 members (excludes halogenated alkanes) is 2. The summed E-state index contributed by atoms with van der Waals surface area (Å²) in [5, 5.41) is 5.42. The second kappa shape index (κ2) is 13.6. The molecule has 2 aromatic rings. The lowest BCUT2D eigenvalue weighted by atomic mass is 10.1. The second-order valence-electron chi connectivity index (χ2n) is 7.16. The minimum atomic E-state index is -0.730. The number of carbonyl (C=O) groups excluding carboxylic acids is 3. The molecule has 7 nitrogen and oxygen atoms in total. The Balaban J connectivity index is 1.58. The lowest BCUT2D eigenvalue weighted by Gasteiger charge is -2.16. The van der Waals surface area contributed by atoms with Crippen molar-refractivity contribution in [2.45, 2.75) is 44.8 Å². The fraction of sp³-hybridized carbons (Fsp3) is 0.348. The van der Waals surface area contributed by atoms with Gasteiger partial charge in [-0.05, 0) is 58.7 Å². The van der Waals surface area contributed by atoms with Crippen molar-refractivity contribution in [3.63, 3.8) is 0 Å². The molecular weight excluding hydrogens is 509 g/mol. The van der Waals surface area contributed by atoms with Crippen molar-refractivity contribution in [1.82, 2.24) is 10.6 Å². The van der Waals surface area contributed by atoms with Gasteiger partial charge in [-0.15, -0.1) is 0 Å². The topological polar surface area (TPSA) is 111 Å². The third-order valence-corrected chi connectivity index (χ3v) is 5.24. The number of benzene rings is 2. The highest BCUT2D eigenvalue weighted by Crippen LogP contribution is 2.10. The van der Waals surface area contributed by atoms with Crippen LogP contribution in [0.25, 0.3) is 0 Å². The third-order valence-electron chi connectivity index (χ3n) is 4.57. The fourth-order valence-corrected chi connectivity index (χ4v) is 3.55. The molecule has 0 fully saturated rings. The molecule has 0 aliphatic carbocycles. The Morgan fingerprint density at radius 1 is 0.968 bits per heavy atom. The van der Waals surface area contributed by atoms with Crippen LogP contribution in [0, 0.1) is 3.57 Å². The Kier molecular flexibility index (Phi) is 10.8. The molecule has 166 valence electrons. The summed E-state index contributed by atoms with van der Waals surface area (Å²) in [7, 11) is 0. The summed E-state index contributed by atoms with van der Waals surface area (Å²) >= 11 is 2.20. The first-order valence-corrected chi connectivity index (χ1v) is 11.3. The zero-order valence-electron chi connectivity index (χ0n) is 17.3.